The lowest BCUT2D eigenvalue weighted by atomic mass is 10.1. The molecule has 1 aliphatic rings. The highest BCUT2D eigenvalue weighted by Crippen LogP contribution is 2.37. The average molecular weight is 443 g/mol. The third kappa shape index (κ3) is 4.01. The van der Waals surface area contributed by atoms with E-state index in [1.165, 1.54) is 41.3 Å². The molecule has 1 aromatic heterocycles. The number of thiocarbonyl (C=S) groups is 1. The van der Waals surface area contributed by atoms with Crippen LogP contribution < -0.4 is 10.6 Å². The zero-order valence-corrected chi connectivity index (χ0v) is 16.8. The van der Waals surface area contributed by atoms with E-state index >= 15 is 0 Å². The fourth-order valence-electron chi connectivity index (χ4n) is 2.61. The third-order valence-corrected chi connectivity index (χ3v) is 6.31. The number of nitrogens with zero attached hydrogens (tertiary/aromatic N) is 2. The Kier molecular flexibility index (Phi) is 5.09. The summed E-state index contributed by atoms with van der Waals surface area (Å²) < 4.78 is 1.75. The number of aromatic nitrogens is 1. The van der Waals surface area contributed by atoms with Gasteiger partial charge in [0.1, 0.15) is 5.57 Å². The Morgan fingerprint density at radius 1 is 1.14 bits per heavy atom. The van der Waals surface area contributed by atoms with Crippen LogP contribution in [0.2, 0.25) is 0 Å². The lowest BCUT2D eigenvalue weighted by Crippen LogP contribution is -2.51. The number of hydrogen-bond donors (Lipinski definition) is 2. The summed E-state index contributed by atoms with van der Waals surface area (Å²) in [7, 11) is 0. The molecule has 2 N–H and O–H groups in total. The Bertz CT molecular complexity index is 1180. The van der Waals surface area contributed by atoms with Gasteiger partial charge in [0.15, 0.2) is 9.45 Å². The van der Waals surface area contributed by atoms with Crippen LogP contribution in [-0.2, 0) is 9.59 Å². The first-order valence-electron chi connectivity index (χ1n) is 8.11. The second kappa shape index (κ2) is 7.70. The molecule has 144 valence electrons. The zero-order chi connectivity index (χ0) is 20.5. The fraction of sp³-hybridized carbons (Fsp3) is 0. The van der Waals surface area contributed by atoms with Gasteiger partial charge in [-0.25, -0.2) is 4.98 Å². The van der Waals surface area contributed by atoms with E-state index in [9.17, 15) is 19.7 Å². The summed E-state index contributed by atoms with van der Waals surface area (Å²) >= 11 is 7.57. The first kappa shape index (κ1) is 19.2. The topological polar surface area (TPSA) is 114 Å². The van der Waals surface area contributed by atoms with Crippen LogP contribution >= 0.6 is 35.3 Å². The molecule has 1 fully saturated rings. The van der Waals surface area contributed by atoms with Crippen molar-refractivity contribution in [3.05, 3.63) is 63.7 Å². The van der Waals surface area contributed by atoms with Crippen LogP contribution in [-0.4, -0.2) is 26.8 Å². The molecule has 0 saturated carbocycles. The second-order valence-corrected chi connectivity index (χ2v) is 8.55. The molecule has 1 aliphatic heterocycles. The van der Waals surface area contributed by atoms with E-state index in [2.05, 4.69) is 15.6 Å². The molecule has 2 heterocycles. The average Bonchev–Trinajstić information content (AvgIpc) is 3.07. The van der Waals surface area contributed by atoms with Crippen molar-refractivity contribution in [3.8, 4) is 0 Å². The van der Waals surface area contributed by atoms with Gasteiger partial charge in [-0.1, -0.05) is 23.9 Å². The minimum absolute atomic E-state index is 0.0831. The lowest BCUT2D eigenvalue weighted by Gasteiger charge is -2.16. The molecule has 0 atom stereocenters. The van der Waals surface area contributed by atoms with E-state index in [4.69, 9.17) is 12.2 Å². The minimum Gasteiger partial charge on any atom is -0.299 e. The normalized spacial score (nSPS) is 13.9. The lowest BCUT2D eigenvalue weighted by molar-refractivity contribution is -0.384. The smallest absolute Gasteiger partial charge is 0.270 e. The highest BCUT2D eigenvalue weighted by Gasteiger charge is 2.26. The van der Waals surface area contributed by atoms with Crippen LogP contribution in [0.3, 0.4) is 0 Å². The van der Waals surface area contributed by atoms with Crippen molar-refractivity contribution in [2.24, 2.45) is 0 Å². The standard InChI is InChI=1S/C18H10N4O4S3/c23-15-11(16(24)21-17(27)20-15)8-9-7-10(22(25)26)5-6-13(9)28-18-19-12-3-1-2-4-14(12)29-18/h1-8H,(H2,20,21,23,24,27). The fourth-order valence-corrected chi connectivity index (χ4v) is 4.90. The van der Waals surface area contributed by atoms with Gasteiger partial charge < -0.3 is 0 Å². The van der Waals surface area contributed by atoms with E-state index < -0.39 is 16.7 Å². The number of fused-ring (bicyclic) bond motifs is 1. The maximum atomic E-state index is 12.1. The number of amides is 2. The van der Waals surface area contributed by atoms with Gasteiger partial charge in [0.25, 0.3) is 17.5 Å². The monoisotopic (exact) mass is 442 g/mol. The van der Waals surface area contributed by atoms with Crippen molar-refractivity contribution in [1.29, 1.82) is 0 Å². The maximum Gasteiger partial charge on any atom is 0.270 e. The van der Waals surface area contributed by atoms with Crippen LogP contribution in [0.5, 0.6) is 0 Å². The summed E-state index contributed by atoms with van der Waals surface area (Å²) in [5.41, 5.74) is 0.862. The van der Waals surface area contributed by atoms with Gasteiger partial charge in [-0.05, 0) is 42.1 Å². The molecular formula is C18H10N4O4S3. The number of thiazole rings is 1. The number of nitrogens with one attached hydrogen (secondary N) is 2. The van der Waals surface area contributed by atoms with Gasteiger partial charge in [0, 0.05) is 17.0 Å². The summed E-state index contributed by atoms with van der Waals surface area (Å²) in [4.78, 5) is 40.1. The van der Waals surface area contributed by atoms with E-state index in [-0.39, 0.29) is 16.4 Å². The van der Waals surface area contributed by atoms with Crippen LogP contribution in [0, 0.1) is 10.1 Å². The third-order valence-electron chi connectivity index (χ3n) is 3.92. The predicted octanol–water partition coefficient (Wildman–Crippen LogP) is 3.27. The Morgan fingerprint density at radius 3 is 2.55 bits per heavy atom. The molecule has 2 aromatic carbocycles. The van der Waals surface area contributed by atoms with Crippen molar-refractivity contribution in [3.63, 3.8) is 0 Å². The molecule has 0 radical (unpaired) electrons. The molecule has 0 spiro atoms. The van der Waals surface area contributed by atoms with Crippen LogP contribution in [0.25, 0.3) is 16.3 Å². The van der Waals surface area contributed by atoms with Crippen molar-refractivity contribution in [1.82, 2.24) is 15.6 Å². The van der Waals surface area contributed by atoms with E-state index in [1.54, 1.807) is 6.07 Å². The number of hydrogen-bond acceptors (Lipinski definition) is 8. The minimum atomic E-state index is -0.666. The molecule has 29 heavy (non-hydrogen) atoms. The zero-order valence-electron chi connectivity index (χ0n) is 14.4. The van der Waals surface area contributed by atoms with Gasteiger partial charge in [-0.3, -0.25) is 30.3 Å². The van der Waals surface area contributed by atoms with Gasteiger partial charge in [0.05, 0.1) is 15.1 Å². The van der Waals surface area contributed by atoms with Crippen LogP contribution in [0.1, 0.15) is 5.56 Å². The maximum absolute atomic E-state index is 12.1. The van der Waals surface area contributed by atoms with E-state index in [0.29, 0.717) is 10.5 Å². The van der Waals surface area contributed by atoms with Crippen LogP contribution in [0.4, 0.5) is 5.69 Å². The Balaban J connectivity index is 1.76. The number of non-ortho nitro benzene ring substituents is 1. The predicted molar refractivity (Wildman–Crippen MR) is 114 cm³/mol. The molecule has 1 saturated heterocycles. The Labute approximate surface area is 177 Å². The van der Waals surface area contributed by atoms with Crippen LogP contribution in [0.15, 0.2) is 57.3 Å². The number of nitro groups is 1. The second-order valence-electron chi connectivity index (χ2n) is 5.82. The highest BCUT2D eigenvalue weighted by atomic mass is 32.2. The van der Waals surface area contributed by atoms with Gasteiger partial charge >= 0.3 is 0 Å². The first-order valence-corrected chi connectivity index (χ1v) is 10.1. The molecule has 8 nitrogen and oxygen atoms in total. The number of rotatable bonds is 4. The number of carbonyl (C=O) groups excluding carboxylic acids is 2. The largest absolute Gasteiger partial charge is 0.299 e. The summed E-state index contributed by atoms with van der Waals surface area (Å²) in [6.07, 6.45) is 1.31. The molecular weight excluding hydrogens is 432 g/mol. The van der Waals surface area contributed by atoms with Gasteiger partial charge in [-0.2, -0.15) is 0 Å². The summed E-state index contributed by atoms with van der Waals surface area (Å²) in [6.45, 7) is 0. The van der Waals surface area contributed by atoms with Crippen molar-refractivity contribution in [2.75, 3.05) is 0 Å². The summed E-state index contributed by atoms with van der Waals surface area (Å²) in [6, 6.07) is 11.9. The Hall–Kier alpha value is -3.15. The molecule has 0 unspecified atom stereocenters. The molecule has 2 amide bonds. The summed E-state index contributed by atoms with van der Waals surface area (Å²) in [5.74, 6) is -1.33. The Morgan fingerprint density at radius 2 is 1.86 bits per heavy atom. The number of para-hydroxylation sites is 1. The summed E-state index contributed by atoms with van der Waals surface area (Å²) in [5, 5.41) is 15.8. The molecule has 0 bridgehead atoms. The molecule has 0 aliphatic carbocycles. The molecule has 4 rings (SSSR count). The number of nitro benzene ring substituents is 1. The highest BCUT2D eigenvalue weighted by molar-refractivity contribution is 8.01. The van der Waals surface area contributed by atoms with Crippen molar-refractivity contribution in [2.45, 2.75) is 9.24 Å². The van der Waals surface area contributed by atoms with Gasteiger partial charge in [-0.15, -0.1) is 11.3 Å². The number of benzene rings is 2. The molecule has 3 aromatic rings. The quantitative estimate of drug-likeness (QED) is 0.210. The van der Waals surface area contributed by atoms with E-state index in [1.807, 2.05) is 24.3 Å². The number of carbonyl (C=O) groups is 2. The van der Waals surface area contributed by atoms with Crippen molar-refractivity contribution < 1.29 is 14.5 Å². The molecule has 11 heteroatoms. The SMILES string of the molecule is O=C1NC(=S)NC(=O)C1=Cc1cc([N+](=O)[O-])ccc1Sc1nc2ccccc2s1. The van der Waals surface area contributed by atoms with Crippen molar-refractivity contribution >= 4 is 74.2 Å². The van der Waals surface area contributed by atoms with Gasteiger partial charge in [0.2, 0.25) is 0 Å². The first-order chi connectivity index (χ1) is 13.9. The van der Waals surface area contributed by atoms with E-state index in [0.717, 1.165) is 14.6 Å².